The Labute approximate surface area is 152 Å². The van der Waals surface area contributed by atoms with E-state index in [4.69, 9.17) is 0 Å². The van der Waals surface area contributed by atoms with Crippen LogP contribution in [0.5, 0.6) is 0 Å². The summed E-state index contributed by atoms with van der Waals surface area (Å²) in [4.78, 5) is 26.1. The van der Waals surface area contributed by atoms with Gasteiger partial charge in [0.05, 0.1) is 11.7 Å². The molecule has 26 heavy (non-hydrogen) atoms. The number of carbonyl (C=O) groups is 2. The van der Waals surface area contributed by atoms with Crippen molar-refractivity contribution in [1.29, 1.82) is 0 Å². The number of amides is 2. The Morgan fingerprint density at radius 2 is 2.12 bits per heavy atom. The first-order valence-electron chi connectivity index (χ1n) is 8.91. The first kappa shape index (κ1) is 18.3. The third-order valence-electron chi connectivity index (χ3n) is 4.75. The van der Waals surface area contributed by atoms with Crippen molar-refractivity contribution in [3.63, 3.8) is 0 Å². The molecule has 1 saturated heterocycles. The van der Waals surface area contributed by atoms with Crippen LogP contribution in [0.3, 0.4) is 0 Å². The van der Waals surface area contributed by atoms with Gasteiger partial charge in [-0.1, -0.05) is 13.8 Å². The van der Waals surface area contributed by atoms with Crippen molar-refractivity contribution in [2.75, 3.05) is 20.1 Å². The molecule has 1 aliphatic heterocycles. The van der Waals surface area contributed by atoms with Crippen molar-refractivity contribution >= 4 is 17.5 Å². The van der Waals surface area contributed by atoms with Gasteiger partial charge in [0.1, 0.15) is 5.82 Å². The molecule has 2 aromatic heterocycles. The van der Waals surface area contributed by atoms with Gasteiger partial charge in [-0.05, 0) is 18.1 Å². The maximum Gasteiger partial charge on any atom is 0.257 e. The van der Waals surface area contributed by atoms with Gasteiger partial charge in [0.15, 0.2) is 5.65 Å². The number of nitrogens with zero attached hydrogens (tertiary/aromatic N) is 4. The number of β-amino-alcohol motifs (C(OH)–C–C–N with tert-alkyl or cyclic N) is 1. The van der Waals surface area contributed by atoms with E-state index in [0.29, 0.717) is 23.7 Å². The van der Waals surface area contributed by atoms with Crippen LogP contribution in [0, 0.1) is 11.8 Å². The van der Waals surface area contributed by atoms with Crippen molar-refractivity contribution in [2.24, 2.45) is 11.8 Å². The van der Waals surface area contributed by atoms with E-state index in [2.05, 4.69) is 29.4 Å². The minimum atomic E-state index is -0.703. The third kappa shape index (κ3) is 3.55. The van der Waals surface area contributed by atoms with Crippen LogP contribution in [-0.4, -0.2) is 62.7 Å². The minimum absolute atomic E-state index is 0.138. The molecular formula is C18H25N5O3. The molecule has 1 fully saturated rings. The molecule has 0 radical (unpaired) electrons. The van der Waals surface area contributed by atoms with Gasteiger partial charge in [-0.25, -0.2) is 0 Å². The van der Waals surface area contributed by atoms with Crippen molar-refractivity contribution < 1.29 is 14.7 Å². The summed E-state index contributed by atoms with van der Waals surface area (Å²) < 4.78 is 1.85. The Bertz CT molecular complexity index is 816. The summed E-state index contributed by atoms with van der Waals surface area (Å²) in [7, 11) is 1.56. The zero-order valence-corrected chi connectivity index (χ0v) is 15.3. The number of aliphatic hydroxyl groups is 1. The maximum atomic E-state index is 13.0. The van der Waals surface area contributed by atoms with E-state index < -0.39 is 6.10 Å². The van der Waals surface area contributed by atoms with Gasteiger partial charge in [0.2, 0.25) is 5.91 Å². The number of likely N-dealkylation sites (tertiary alicyclic amines) is 1. The summed E-state index contributed by atoms with van der Waals surface area (Å²) in [6.07, 6.45) is 2.13. The van der Waals surface area contributed by atoms with E-state index in [-0.39, 0.29) is 30.7 Å². The minimum Gasteiger partial charge on any atom is -0.391 e. The summed E-state index contributed by atoms with van der Waals surface area (Å²) in [6.45, 7) is 4.78. The standard InChI is InChI=1S/C18H25N5O3/c1-11(2)7-15-20-21-17-13(5-4-6-23(15)17)18(26)22-9-12(14(24)10-22)8-16(25)19-3/h4-6,11-12,14,24H,7-10H2,1-3H3,(H,19,25)/t12-,14-/m1/s1. The topological polar surface area (TPSA) is 99.8 Å². The Morgan fingerprint density at radius 1 is 1.35 bits per heavy atom. The maximum absolute atomic E-state index is 13.0. The second-order valence-electron chi connectivity index (χ2n) is 7.24. The normalized spacial score (nSPS) is 20.1. The Hall–Kier alpha value is -2.48. The predicted octanol–water partition coefficient (Wildman–Crippen LogP) is 0.497. The lowest BCUT2D eigenvalue weighted by molar-refractivity contribution is -0.122. The molecule has 2 amide bonds. The lowest BCUT2D eigenvalue weighted by atomic mass is 10.0. The number of fused-ring (bicyclic) bond motifs is 1. The van der Waals surface area contributed by atoms with Gasteiger partial charge in [0.25, 0.3) is 5.91 Å². The average molecular weight is 359 g/mol. The molecule has 2 aromatic rings. The van der Waals surface area contributed by atoms with Crippen molar-refractivity contribution in [1.82, 2.24) is 24.8 Å². The Balaban J connectivity index is 1.82. The second-order valence-corrected chi connectivity index (χ2v) is 7.24. The molecule has 0 saturated carbocycles. The van der Waals surface area contributed by atoms with Crippen molar-refractivity contribution in [3.8, 4) is 0 Å². The van der Waals surface area contributed by atoms with E-state index in [0.717, 1.165) is 12.2 Å². The van der Waals surface area contributed by atoms with E-state index in [1.165, 1.54) is 0 Å². The van der Waals surface area contributed by atoms with Crippen LogP contribution in [0.25, 0.3) is 5.65 Å². The summed E-state index contributed by atoms with van der Waals surface area (Å²) in [5.74, 6) is 0.663. The number of rotatable bonds is 5. The largest absolute Gasteiger partial charge is 0.391 e. The molecule has 0 spiro atoms. The quantitative estimate of drug-likeness (QED) is 0.810. The van der Waals surface area contributed by atoms with E-state index >= 15 is 0 Å². The lowest BCUT2D eigenvalue weighted by Crippen LogP contribution is -2.30. The monoisotopic (exact) mass is 359 g/mol. The molecule has 0 bridgehead atoms. The van der Waals surface area contributed by atoms with Gasteiger partial charge in [-0.2, -0.15) is 0 Å². The molecule has 0 unspecified atom stereocenters. The zero-order chi connectivity index (χ0) is 18.8. The molecule has 3 heterocycles. The number of hydrogen-bond donors (Lipinski definition) is 2. The highest BCUT2D eigenvalue weighted by Crippen LogP contribution is 2.23. The predicted molar refractivity (Wildman–Crippen MR) is 95.6 cm³/mol. The molecular weight excluding hydrogens is 334 g/mol. The molecule has 8 heteroatoms. The first-order valence-corrected chi connectivity index (χ1v) is 8.91. The third-order valence-corrected chi connectivity index (χ3v) is 4.75. The average Bonchev–Trinajstić information content (AvgIpc) is 3.17. The fourth-order valence-corrected chi connectivity index (χ4v) is 3.37. The number of carbonyl (C=O) groups excluding carboxylic acids is 2. The smallest absolute Gasteiger partial charge is 0.257 e. The Morgan fingerprint density at radius 3 is 2.81 bits per heavy atom. The molecule has 2 N–H and O–H groups in total. The summed E-state index contributed by atoms with van der Waals surface area (Å²) in [5, 5.41) is 21.2. The van der Waals surface area contributed by atoms with Gasteiger partial charge in [0, 0.05) is 45.1 Å². The van der Waals surface area contributed by atoms with Gasteiger partial charge in [-0.15, -0.1) is 10.2 Å². The highest BCUT2D eigenvalue weighted by molar-refractivity contribution is 6.00. The number of aromatic nitrogens is 3. The van der Waals surface area contributed by atoms with Gasteiger partial charge >= 0.3 is 0 Å². The molecule has 2 atom stereocenters. The van der Waals surface area contributed by atoms with Crippen LogP contribution < -0.4 is 5.32 Å². The number of pyridine rings is 1. The highest BCUT2D eigenvalue weighted by Gasteiger charge is 2.36. The van der Waals surface area contributed by atoms with Crippen LogP contribution in [-0.2, 0) is 11.2 Å². The molecule has 0 aliphatic carbocycles. The fourth-order valence-electron chi connectivity index (χ4n) is 3.37. The molecule has 1 aliphatic rings. The molecule has 140 valence electrons. The van der Waals surface area contributed by atoms with Crippen LogP contribution >= 0.6 is 0 Å². The van der Waals surface area contributed by atoms with Crippen LogP contribution in [0.15, 0.2) is 18.3 Å². The van der Waals surface area contributed by atoms with Gasteiger partial charge in [-0.3, -0.25) is 14.0 Å². The van der Waals surface area contributed by atoms with Crippen LogP contribution in [0.2, 0.25) is 0 Å². The zero-order valence-electron chi connectivity index (χ0n) is 15.3. The fraction of sp³-hybridized carbons (Fsp3) is 0.556. The number of aliphatic hydroxyl groups excluding tert-OH is 1. The second kappa shape index (κ2) is 7.41. The highest BCUT2D eigenvalue weighted by atomic mass is 16.3. The SMILES string of the molecule is CNC(=O)C[C@@H]1CN(C(=O)c2cccn3c(CC(C)C)nnc23)C[C@H]1O. The number of nitrogens with one attached hydrogen (secondary N) is 1. The van der Waals surface area contributed by atoms with Crippen molar-refractivity contribution in [3.05, 3.63) is 29.7 Å². The van der Waals surface area contributed by atoms with Crippen molar-refractivity contribution in [2.45, 2.75) is 32.8 Å². The molecule has 0 aromatic carbocycles. The lowest BCUT2D eigenvalue weighted by Gasteiger charge is -2.16. The van der Waals surface area contributed by atoms with E-state index in [9.17, 15) is 14.7 Å². The van der Waals surface area contributed by atoms with E-state index in [1.54, 1.807) is 18.0 Å². The molecule has 8 nitrogen and oxygen atoms in total. The summed E-state index contributed by atoms with van der Waals surface area (Å²) in [5.41, 5.74) is 0.986. The summed E-state index contributed by atoms with van der Waals surface area (Å²) >= 11 is 0. The van der Waals surface area contributed by atoms with Crippen LogP contribution in [0.4, 0.5) is 0 Å². The Kier molecular flexibility index (Phi) is 5.22. The summed E-state index contributed by atoms with van der Waals surface area (Å²) in [6, 6.07) is 3.53. The van der Waals surface area contributed by atoms with E-state index in [1.807, 2.05) is 16.7 Å². The van der Waals surface area contributed by atoms with Gasteiger partial charge < -0.3 is 15.3 Å². The van der Waals surface area contributed by atoms with Crippen LogP contribution in [0.1, 0.15) is 36.5 Å². The molecule has 3 rings (SSSR count). The number of hydrogen-bond acceptors (Lipinski definition) is 5. The first-order chi connectivity index (χ1) is 12.4.